The lowest BCUT2D eigenvalue weighted by Gasteiger charge is -2.34. The lowest BCUT2D eigenvalue weighted by Crippen LogP contribution is -2.37. The summed E-state index contributed by atoms with van der Waals surface area (Å²) in [6, 6.07) is -0.0349. The number of carbonyl (C=O) groups excluding carboxylic acids is 2. The van der Waals surface area contributed by atoms with Crippen molar-refractivity contribution in [1.29, 1.82) is 0 Å². The average molecular weight is 298 g/mol. The Hall–Kier alpha value is -0.940. The lowest BCUT2D eigenvalue weighted by atomic mass is 9.83. The van der Waals surface area contributed by atoms with Crippen LogP contribution in [-0.4, -0.2) is 45.0 Å². The molecule has 0 aromatic carbocycles. The Bertz CT molecular complexity index is 293. The van der Waals surface area contributed by atoms with E-state index in [0.717, 1.165) is 64.7 Å². The van der Waals surface area contributed by atoms with Gasteiger partial charge in [-0.3, -0.25) is 4.79 Å². The molecular formula is C16H30N2O3. The Morgan fingerprint density at radius 3 is 2.29 bits per heavy atom. The first-order valence-corrected chi connectivity index (χ1v) is 8.12. The van der Waals surface area contributed by atoms with Crippen LogP contribution >= 0.6 is 0 Å². The molecule has 21 heavy (non-hydrogen) atoms. The number of carbonyl (C=O) groups is 2. The molecule has 0 spiro atoms. The molecule has 0 aromatic rings. The van der Waals surface area contributed by atoms with Gasteiger partial charge in [-0.1, -0.05) is 13.8 Å². The van der Waals surface area contributed by atoms with E-state index < -0.39 is 0 Å². The van der Waals surface area contributed by atoms with Crippen LogP contribution in [0.15, 0.2) is 0 Å². The molecule has 5 heteroatoms. The van der Waals surface area contributed by atoms with E-state index >= 15 is 0 Å². The molecule has 0 bridgehead atoms. The van der Waals surface area contributed by atoms with Crippen molar-refractivity contribution in [3.63, 3.8) is 0 Å². The molecule has 2 unspecified atom stereocenters. The summed E-state index contributed by atoms with van der Waals surface area (Å²) in [5, 5.41) is 6.04. The Morgan fingerprint density at radius 2 is 1.81 bits per heavy atom. The van der Waals surface area contributed by atoms with Crippen molar-refractivity contribution in [3.05, 3.63) is 0 Å². The van der Waals surface area contributed by atoms with Crippen LogP contribution in [0.3, 0.4) is 0 Å². The molecule has 1 saturated heterocycles. The monoisotopic (exact) mass is 298 g/mol. The summed E-state index contributed by atoms with van der Waals surface area (Å²) in [5.41, 5.74) is 0. The summed E-state index contributed by atoms with van der Waals surface area (Å²) < 4.78 is 5.30. The second-order valence-electron chi connectivity index (χ2n) is 6.27. The Labute approximate surface area is 128 Å². The number of rotatable bonds is 13. The number of ether oxygens (including phenoxy) is 1. The Kier molecular flexibility index (Phi) is 9.26. The fraction of sp³-hybridized carbons (Fsp3) is 0.875. The van der Waals surface area contributed by atoms with Crippen LogP contribution in [0.5, 0.6) is 0 Å². The van der Waals surface area contributed by atoms with Crippen LogP contribution in [-0.2, 0) is 14.3 Å². The summed E-state index contributed by atoms with van der Waals surface area (Å²) in [6.07, 6.45) is 6.17. The topological polar surface area (TPSA) is 67.4 Å². The molecule has 1 aliphatic heterocycles. The molecule has 0 aromatic heterocycles. The Morgan fingerprint density at radius 1 is 1.14 bits per heavy atom. The maximum atomic E-state index is 10.9. The van der Waals surface area contributed by atoms with Gasteiger partial charge in [-0.2, -0.15) is 0 Å². The van der Waals surface area contributed by atoms with Crippen molar-refractivity contribution >= 4 is 12.7 Å². The normalized spacial score (nSPS) is 18.0. The van der Waals surface area contributed by atoms with Gasteiger partial charge in [0.15, 0.2) is 0 Å². The van der Waals surface area contributed by atoms with Gasteiger partial charge in [0.2, 0.25) is 6.41 Å². The van der Waals surface area contributed by atoms with E-state index in [1.165, 1.54) is 0 Å². The first-order chi connectivity index (χ1) is 10.2. The van der Waals surface area contributed by atoms with Gasteiger partial charge < -0.3 is 20.2 Å². The third-order valence-corrected chi connectivity index (χ3v) is 4.31. The van der Waals surface area contributed by atoms with Gasteiger partial charge in [-0.05, 0) is 44.1 Å². The zero-order valence-electron chi connectivity index (χ0n) is 13.3. The maximum absolute atomic E-state index is 10.9. The summed E-state index contributed by atoms with van der Waals surface area (Å²) in [5.74, 6) is 1.68. The van der Waals surface area contributed by atoms with Gasteiger partial charge in [0.25, 0.3) is 0 Å². The standard InChI is InChI=1S/C16H30N2O3/c1-13(2)16(9-19)18-8-4-6-14(15-10-21-11-15)5-3-7-17-12-20/h9,12-16,18H,3-8,10-11H2,1-2H3,(H,17,20). The predicted molar refractivity (Wildman–Crippen MR) is 83.0 cm³/mol. The van der Waals surface area contributed by atoms with Crippen molar-refractivity contribution < 1.29 is 14.3 Å². The number of aldehydes is 1. The number of hydrogen-bond acceptors (Lipinski definition) is 4. The minimum absolute atomic E-state index is 0.0349. The van der Waals surface area contributed by atoms with Gasteiger partial charge >= 0.3 is 0 Å². The molecule has 5 nitrogen and oxygen atoms in total. The quantitative estimate of drug-likeness (QED) is 0.398. The van der Waals surface area contributed by atoms with Crippen LogP contribution in [0, 0.1) is 17.8 Å². The molecule has 2 N–H and O–H groups in total. The highest BCUT2D eigenvalue weighted by molar-refractivity contribution is 5.57. The smallest absolute Gasteiger partial charge is 0.207 e. The highest BCUT2D eigenvalue weighted by Crippen LogP contribution is 2.28. The van der Waals surface area contributed by atoms with E-state index in [-0.39, 0.29) is 6.04 Å². The highest BCUT2D eigenvalue weighted by Gasteiger charge is 2.27. The van der Waals surface area contributed by atoms with Crippen molar-refractivity contribution in [2.75, 3.05) is 26.3 Å². The van der Waals surface area contributed by atoms with Gasteiger partial charge in [-0.25, -0.2) is 0 Å². The maximum Gasteiger partial charge on any atom is 0.207 e. The third kappa shape index (κ3) is 7.05. The lowest BCUT2D eigenvalue weighted by molar-refractivity contribution is -0.110. The number of amides is 1. The van der Waals surface area contributed by atoms with Crippen LogP contribution in [0.4, 0.5) is 0 Å². The number of hydrogen-bond donors (Lipinski definition) is 2. The van der Waals surface area contributed by atoms with Crippen LogP contribution in [0.2, 0.25) is 0 Å². The first kappa shape index (κ1) is 18.1. The molecule has 1 aliphatic rings. The zero-order valence-corrected chi connectivity index (χ0v) is 13.3. The molecule has 0 saturated carbocycles. The third-order valence-electron chi connectivity index (χ3n) is 4.31. The van der Waals surface area contributed by atoms with Gasteiger partial charge in [-0.15, -0.1) is 0 Å². The summed E-state index contributed by atoms with van der Waals surface area (Å²) in [7, 11) is 0. The van der Waals surface area contributed by atoms with E-state index in [2.05, 4.69) is 24.5 Å². The molecule has 1 rings (SSSR count). The minimum Gasteiger partial charge on any atom is -0.381 e. The molecule has 0 radical (unpaired) electrons. The fourth-order valence-corrected chi connectivity index (χ4v) is 2.74. The van der Waals surface area contributed by atoms with Crippen LogP contribution < -0.4 is 10.6 Å². The zero-order chi connectivity index (χ0) is 15.5. The average Bonchev–Trinajstić information content (AvgIpc) is 2.40. The molecular weight excluding hydrogens is 268 g/mol. The second-order valence-corrected chi connectivity index (χ2v) is 6.27. The van der Waals surface area contributed by atoms with Crippen molar-refractivity contribution in [1.82, 2.24) is 10.6 Å². The molecule has 1 heterocycles. The van der Waals surface area contributed by atoms with E-state index in [1.54, 1.807) is 0 Å². The van der Waals surface area contributed by atoms with Crippen molar-refractivity contribution in [2.45, 2.75) is 45.6 Å². The van der Waals surface area contributed by atoms with Crippen LogP contribution in [0.1, 0.15) is 39.5 Å². The van der Waals surface area contributed by atoms with Gasteiger partial charge in [0.05, 0.1) is 19.3 Å². The summed E-state index contributed by atoms with van der Waals surface area (Å²) >= 11 is 0. The van der Waals surface area contributed by atoms with E-state index in [9.17, 15) is 9.59 Å². The van der Waals surface area contributed by atoms with E-state index in [0.29, 0.717) is 17.8 Å². The Balaban J connectivity index is 2.19. The van der Waals surface area contributed by atoms with Crippen molar-refractivity contribution in [2.24, 2.45) is 17.8 Å². The SMILES string of the molecule is CC(C)C(C=O)NCCCC(CCCNC=O)C1COC1. The minimum atomic E-state index is -0.0349. The van der Waals surface area contributed by atoms with Gasteiger partial charge in [0.1, 0.15) is 6.29 Å². The molecule has 2 atom stereocenters. The summed E-state index contributed by atoms with van der Waals surface area (Å²) in [4.78, 5) is 21.2. The molecule has 1 fully saturated rings. The van der Waals surface area contributed by atoms with Gasteiger partial charge in [0, 0.05) is 12.5 Å². The molecule has 1 amide bonds. The highest BCUT2D eigenvalue weighted by atomic mass is 16.5. The second kappa shape index (κ2) is 10.7. The largest absolute Gasteiger partial charge is 0.381 e. The van der Waals surface area contributed by atoms with Crippen molar-refractivity contribution in [3.8, 4) is 0 Å². The van der Waals surface area contributed by atoms with E-state index in [4.69, 9.17) is 4.74 Å². The van der Waals surface area contributed by atoms with E-state index in [1.807, 2.05) is 0 Å². The fourth-order valence-electron chi connectivity index (χ4n) is 2.74. The number of nitrogens with one attached hydrogen (secondary N) is 2. The van der Waals surface area contributed by atoms with Crippen LogP contribution in [0.25, 0.3) is 0 Å². The summed E-state index contributed by atoms with van der Waals surface area (Å²) in [6.45, 7) is 7.51. The predicted octanol–water partition coefficient (Wildman–Crippen LogP) is 1.37. The molecule has 0 aliphatic carbocycles. The first-order valence-electron chi connectivity index (χ1n) is 8.12. The molecule has 122 valence electrons.